The van der Waals surface area contributed by atoms with Crippen LogP contribution in [-0.4, -0.2) is 23.2 Å². The van der Waals surface area contributed by atoms with Crippen LogP contribution in [0.4, 0.5) is 13.6 Å². The van der Waals surface area contributed by atoms with Crippen LogP contribution in [0.1, 0.15) is 18.1 Å². The highest BCUT2D eigenvalue weighted by Crippen LogP contribution is 2.28. The summed E-state index contributed by atoms with van der Waals surface area (Å²) >= 11 is 0. The largest absolute Gasteiger partial charge is 0.346 e. The number of amides is 3. The van der Waals surface area contributed by atoms with Crippen LogP contribution in [0.5, 0.6) is 0 Å². The van der Waals surface area contributed by atoms with Crippen LogP contribution in [0, 0.1) is 11.6 Å². The predicted octanol–water partition coefficient (Wildman–Crippen LogP) is 2.77. The maximum absolute atomic E-state index is 13.6. The van der Waals surface area contributed by atoms with Crippen molar-refractivity contribution in [2.75, 3.05) is 0 Å². The fourth-order valence-corrected chi connectivity index (χ4v) is 2.42. The van der Waals surface area contributed by atoms with Crippen molar-refractivity contribution < 1.29 is 18.4 Å². The van der Waals surface area contributed by atoms with Gasteiger partial charge >= 0.3 is 6.03 Å². The molecule has 2 aromatic rings. The molecule has 0 radical (unpaired) electrons. The first-order valence-corrected chi connectivity index (χ1v) is 7.13. The molecule has 1 saturated heterocycles. The van der Waals surface area contributed by atoms with Crippen molar-refractivity contribution in [1.29, 1.82) is 0 Å². The summed E-state index contributed by atoms with van der Waals surface area (Å²) in [4.78, 5) is 24.6. The number of carbonyl (C=O) groups excluding carboxylic acids is 2. The van der Waals surface area contributed by atoms with E-state index in [1.807, 2.05) is 0 Å². The van der Waals surface area contributed by atoms with Gasteiger partial charge in [0.05, 0.1) is 6.21 Å². The standard InChI is InChI=1S/C17H13F2N3O2/c1-17(12-5-3-2-4-6-12)15(23)22(16(24)21-17)20-10-11-7-8-13(18)9-14(11)19/h2-10H,1H3,(H,21,24)/b20-10-/t17-/m0/s1. The first-order valence-electron chi connectivity index (χ1n) is 7.13. The Morgan fingerprint density at radius 1 is 1.12 bits per heavy atom. The number of nitrogens with one attached hydrogen (secondary N) is 1. The smallest absolute Gasteiger partial charge is 0.318 e. The Kier molecular flexibility index (Phi) is 3.84. The van der Waals surface area contributed by atoms with E-state index in [-0.39, 0.29) is 5.56 Å². The molecule has 5 nitrogen and oxygen atoms in total. The van der Waals surface area contributed by atoms with Gasteiger partial charge in [0.15, 0.2) is 0 Å². The Labute approximate surface area is 136 Å². The first kappa shape index (κ1) is 15.8. The van der Waals surface area contributed by atoms with Crippen molar-refractivity contribution in [3.8, 4) is 0 Å². The molecular weight excluding hydrogens is 316 g/mol. The maximum Gasteiger partial charge on any atom is 0.346 e. The molecule has 0 saturated carbocycles. The summed E-state index contributed by atoms with van der Waals surface area (Å²) in [6.45, 7) is 1.57. The third-order valence-electron chi connectivity index (χ3n) is 3.80. The lowest BCUT2D eigenvalue weighted by Crippen LogP contribution is -2.40. The quantitative estimate of drug-likeness (QED) is 0.695. The van der Waals surface area contributed by atoms with E-state index in [0.29, 0.717) is 16.6 Å². The monoisotopic (exact) mass is 329 g/mol. The van der Waals surface area contributed by atoms with E-state index in [1.165, 1.54) is 6.07 Å². The predicted molar refractivity (Wildman–Crippen MR) is 83.1 cm³/mol. The average Bonchev–Trinajstić information content (AvgIpc) is 2.78. The maximum atomic E-state index is 13.6. The number of hydrogen-bond acceptors (Lipinski definition) is 3. The molecule has 1 aliphatic rings. The summed E-state index contributed by atoms with van der Waals surface area (Å²) < 4.78 is 26.5. The second-order valence-corrected chi connectivity index (χ2v) is 5.45. The van der Waals surface area contributed by atoms with Crippen molar-refractivity contribution in [1.82, 2.24) is 10.3 Å². The van der Waals surface area contributed by atoms with Gasteiger partial charge < -0.3 is 5.32 Å². The van der Waals surface area contributed by atoms with Crippen LogP contribution < -0.4 is 5.32 Å². The van der Waals surface area contributed by atoms with E-state index in [0.717, 1.165) is 12.3 Å². The number of rotatable bonds is 3. The van der Waals surface area contributed by atoms with Crippen LogP contribution in [0.2, 0.25) is 0 Å². The number of hydrogen-bond donors (Lipinski definition) is 1. The minimum absolute atomic E-state index is 0.0367. The fraction of sp³-hybridized carbons (Fsp3) is 0.118. The minimum atomic E-state index is -1.25. The highest BCUT2D eigenvalue weighted by Gasteiger charge is 2.49. The lowest BCUT2D eigenvalue weighted by atomic mass is 9.92. The van der Waals surface area contributed by atoms with Gasteiger partial charge in [-0.3, -0.25) is 4.79 Å². The van der Waals surface area contributed by atoms with Crippen LogP contribution in [0.25, 0.3) is 0 Å². The number of nitrogens with zero attached hydrogens (tertiary/aromatic N) is 2. The zero-order valence-electron chi connectivity index (χ0n) is 12.7. The van der Waals surface area contributed by atoms with Gasteiger partial charge in [-0.25, -0.2) is 13.6 Å². The summed E-state index contributed by atoms with van der Waals surface area (Å²) in [6, 6.07) is 10.9. The Balaban J connectivity index is 1.89. The van der Waals surface area contributed by atoms with Gasteiger partial charge in [-0.15, -0.1) is 5.01 Å². The summed E-state index contributed by atoms with van der Waals surface area (Å²) in [5.41, 5.74) is -0.684. The second-order valence-electron chi connectivity index (χ2n) is 5.45. The van der Waals surface area contributed by atoms with Gasteiger partial charge in [0.25, 0.3) is 5.91 Å². The third kappa shape index (κ3) is 2.64. The molecule has 122 valence electrons. The van der Waals surface area contributed by atoms with Crippen molar-refractivity contribution in [3.63, 3.8) is 0 Å². The van der Waals surface area contributed by atoms with Crippen molar-refractivity contribution in [2.45, 2.75) is 12.5 Å². The zero-order valence-corrected chi connectivity index (χ0v) is 12.7. The van der Waals surface area contributed by atoms with Gasteiger partial charge in [-0.05, 0) is 24.6 Å². The number of carbonyl (C=O) groups is 2. The molecule has 0 spiro atoms. The van der Waals surface area contributed by atoms with Gasteiger partial charge in [0.2, 0.25) is 0 Å². The summed E-state index contributed by atoms with van der Waals surface area (Å²) in [7, 11) is 0. The van der Waals surface area contributed by atoms with E-state index in [4.69, 9.17) is 0 Å². The summed E-state index contributed by atoms with van der Waals surface area (Å²) in [6.07, 6.45) is 1.00. The molecule has 1 aliphatic heterocycles. The van der Waals surface area contributed by atoms with Crippen molar-refractivity contribution in [3.05, 3.63) is 71.3 Å². The Morgan fingerprint density at radius 2 is 1.83 bits per heavy atom. The molecular formula is C17H13F2N3O2. The van der Waals surface area contributed by atoms with Gasteiger partial charge in [-0.2, -0.15) is 5.10 Å². The highest BCUT2D eigenvalue weighted by atomic mass is 19.1. The number of hydrazone groups is 1. The number of imide groups is 1. The Hall–Kier alpha value is -3.09. The highest BCUT2D eigenvalue weighted by molar-refractivity contribution is 6.07. The Morgan fingerprint density at radius 3 is 2.50 bits per heavy atom. The molecule has 7 heteroatoms. The third-order valence-corrected chi connectivity index (χ3v) is 3.80. The minimum Gasteiger partial charge on any atom is -0.318 e. The topological polar surface area (TPSA) is 61.8 Å². The molecule has 1 N–H and O–H groups in total. The van der Waals surface area contributed by atoms with Gasteiger partial charge in [0, 0.05) is 11.6 Å². The SMILES string of the molecule is C[C@@]1(c2ccccc2)NC(=O)N(/N=C\c2ccc(F)cc2F)C1=O. The molecule has 2 aromatic carbocycles. The molecule has 3 amide bonds. The van der Waals surface area contributed by atoms with E-state index < -0.39 is 29.1 Å². The zero-order chi connectivity index (χ0) is 17.3. The van der Waals surface area contributed by atoms with Crippen LogP contribution >= 0.6 is 0 Å². The van der Waals surface area contributed by atoms with E-state index in [2.05, 4.69) is 10.4 Å². The van der Waals surface area contributed by atoms with E-state index in [9.17, 15) is 18.4 Å². The van der Waals surface area contributed by atoms with Gasteiger partial charge in [-0.1, -0.05) is 30.3 Å². The average molecular weight is 329 g/mol. The first-order chi connectivity index (χ1) is 11.4. The van der Waals surface area contributed by atoms with Crippen LogP contribution in [0.3, 0.4) is 0 Å². The van der Waals surface area contributed by atoms with E-state index in [1.54, 1.807) is 37.3 Å². The Bertz CT molecular complexity index is 839. The lowest BCUT2D eigenvalue weighted by molar-refractivity contribution is -0.131. The lowest BCUT2D eigenvalue weighted by Gasteiger charge is -2.20. The molecule has 0 unspecified atom stereocenters. The molecule has 0 bridgehead atoms. The summed E-state index contributed by atoms with van der Waals surface area (Å²) in [5, 5.41) is 6.96. The van der Waals surface area contributed by atoms with Crippen molar-refractivity contribution >= 4 is 18.2 Å². The van der Waals surface area contributed by atoms with E-state index >= 15 is 0 Å². The second kappa shape index (κ2) is 5.84. The van der Waals surface area contributed by atoms with Crippen molar-refractivity contribution in [2.24, 2.45) is 5.10 Å². The fourth-order valence-electron chi connectivity index (χ4n) is 2.42. The molecule has 0 aliphatic carbocycles. The molecule has 1 heterocycles. The molecule has 0 aromatic heterocycles. The summed E-state index contributed by atoms with van der Waals surface area (Å²) in [5.74, 6) is -2.15. The normalized spacial score (nSPS) is 20.7. The molecule has 3 rings (SSSR count). The molecule has 1 atom stereocenters. The van der Waals surface area contributed by atoms with Gasteiger partial charge in [0.1, 0.15) is 17.2 Å². The molecule has 1 fully saturated rings. The van der Waals surface area contributed by atoms with Crippen LogP contribution in [-0.2, 0) is 10.3 Å². The number of urea groups is 1. The number of benzene rings is 2. The number of halogens is 2. The molecule has 24 heavy (non-hydrogen) atoms. The van der Waals surface area contributed by atoms with Crippen LogP contribution in [0.15, 0.2) is 53.6 Å².